The van der Waals surface area contributed by atoms with Gasteiger partial charge in [-0.2, -0.15) is 0 Å². The molecule has 0 bridgehead atoms. The first-order valence-corrected chi connectivity index (χ1v) is 6.85. The van der Waals surface area contributed by atoms with E-state index in [0.29, 0.717) is 6.04 Å². The van der Waals surface area contributed by atoms with Crippen molar-refractivity contribution in [1.82, 2.24) is 4.90 Å². The molecule has 1 atom stereocenters. The predicted molar refractivity (Wildman–Crippen MR) is 82.3 cm³/mol. The van der Waals surface area contributed by atoms with Gasteiger partial charge in [-0.05, 0) is 50.4 Å². The van der Waals surface area contributed by atoms with Crippen LogP contribution in [0.1, 0.15) is 24.0 Å². The van der Waals surface area contributed by atoms with Crippen LogP contribution in [-0.4, -0.2) is 37.2 Å². The molecule has 1 saturated heterocycles. The lowest BCUT2D eigenvalue weighted by Crippen LogP contribution is -2.37. The van der Waals surface area contributed by atoms with Crippen LogP contribution in [0.15, 0.2) is 18.2 Å². The molecule has 0 spiro atoms. The molecule has 3 nitrogen and oxygen atoms in total. The van der Waals surface area contributed by atoms with Crippen molar-refractivity contribution in [3.63, 3.8) is 0 Å². The number of likely N-dealkylation sites (tertiary alicyclic amines) is 1. The van der Waals surface area contributed by atoms with Gasteiger partial charge in [0.25, 0.3) is 0 Å². The second-order valence-electron chi connectivity index (χ2n) is 5.19. The lowest BCUT2D eigenvalue weighted by Gasteiger charge is -2.23. The number of aryl methyl sites for hydroxylation is 2. The molecular weight excluding hydrogens is 260 g/mol. The molecule has 0 aliphatic carbocycles. The van der Waals surface area contributed by atoms with E-state index in [4.69, 9.17) is 10.5 Å². The van der Waals surface area contributed by atoms with E-state index in [1.807, 2.05) is 0 Å². The average molecular weight is 285 g/mol. The summed E-state index contributed by atoms with van der Waals surface area (Å²) in [6, 6.07) is 6.91. The van der Waals surface area contributed by atoms with E-state index >= 15 is 0 Å². The Bertz CT molecular complexity index is 398. The van der Waals surface area contributed by atoms with Gasteiger partial charge in [0.15, 0.2) is 0 Å². The summed E-state index contributed by atoms with van der Waals surface area (Å²) in [7, 11) is 0. The molecule has 108 valence electrons. The molecule has 0 amide bonds. The van der Waals surface area contributed by atoms with E-state index in [1.54, 1.807) is 0 Å². The van der Waals surface area contributed by atoms with Crippen molar-refractivity contribution in [2.24, 2.45) is 5.73 Å². The Labute approximate surface area is 122 Å². The van der Waals surface area contributed by atoms with Crippen LogP contribution in [0.2, 0.25) is 0 Å². The highest BCUT2D eigenvalue weighted by atomic mass is 35.5. The summed E-state index contributed by atoms with van der Waals surface area (Å²) in [4.78, 5) is 2.45. The van der Waals surface area contributed by atoms with Crippen molar-refractivity contribution >= 4 is 12.4 Å². The number of ether oxygens (including phenoxy) is 1. The molecule has 1 aliphatic rings. The predicted octanol–water partition coefficient (Wildman–Crippen LogP) is 2.53. The zero-order valence-corrected chi connectivity index (χ0v) is 12.7. The van der Waals surface area contributed by atoms with E-state index in [-0.39, 0.29) is 12.4 Å². The molecule has 1 fully saturated rings. The largest absolute Gasteiger partial charge is 0.492 e. The topological polar surface area (TPSA) is 38.5 Å². The summed E-state index contributed by atoms with van der Waals surface area (Å²) < 4.78 is 5.89. The van der Waals surface area contributed by atoms with E-state index in [1.165, 1.54) is 24.0 Å². The monoisotopic (exact) mass is 284 g/mol. The molecule has 19 heavy (non-hydrogen) atoms. The summed E-state index contributed by atoms with van der Waals surface area (Å²) in [5.41, 5.74) is 8.22. The Morgan fingerprint density at radius 1 is 1.37 bits per heavy atom. The Hall–Kier alpha value is -0.770. The minimum absolute atomic E-state index is 0. The summed E-state index contributed by atoms with van der Waals surface area (Å²) in [6.07, 6.45) is 2.51. The van der Waals surface area contributed by atoms with Gasteiger partial charge in [-0.3, -0.25) is 4.90 Å². The highest BCUT2D eigenvalue weighted by molar-refractivity contribution is 5.85. The molecule has 1 aromatic rings. The van der Waals surface area contributed by atoms with Gasteiger partial charge >= 0.3 is 0 Å². The third-order valence-corrected chi connectivity index (χ3v) is 3.75. The molecule has 2 N–H and O–H groups in total. The SMILES string of the molecule is Cc1ccc(C)c(OCCN2CCCC2CN)c1.Cl. The van der Waals surface area contributed by atoms with E-state index in [2.05, 4.69) is 36.9 Å². The Kier molecular flexibility index (Phi) is 6.63. The van der Waals surface area contributed by atoms with Crippen LogP contribution in [0.25, 0.3) is 0 Å². The summed E-state index contributed by atoms with van der Waals surface area (Å²) >= 11 is 0. The summed E-state index contributed by atoms with van der Waals surface area (Å²) in [5, 5.41) is 0. The molecule has 0 radical (unpaired) electrons. The fraction of sp³-hybridized carbons (Fsp3) is 0.600. The quantitative estimate of drug-likeness (QED) is 0.903. The molecule has 1 unspecified atom stereocenters. The summed E-state index contributed by atoms with van der Waals surface area (Å²) in [5.74, 6) is 1.01. The van der Waals surface area contributed by atoms with Gasteiger partial charge in [0, 0.05) is 19.1 Å². The van der Waals surface area contributed by atoms with Crippen LogP contribution >= 0.6 is 12.4 Å². The van der Waals surface area contributed by atoms with Crippen LogP contribution in [0.4, 0.5) is 0 Å². The van der Waals surface area contributed by atoms with Crippen LogP contribution in [-0.2, 0) is 0 Å². The average Bonchev–Trinajstić information content (AvgIpc) is 2.81. The second kappa shape index (κ2) is 7.73. The van der Waals surface area contributed by atoms with E-state index < -0.39 is 0 Å². The van der Waals surface area contributed by atoms with Gasteiger partial charge in [0.1, 0.15) is 12.4 Å². The molecule has 0 aromatic heterocycles. The Morgan fingerprint density at radius 3 is 2.89 bits per heavy atom. The maximum Gasteiger partial charge on any atom is 0.122 e. The molecule has 1 aromatic carbocycles. The first-order chi connectivity index (χ1) is 8.70. The number of rotatable bonds is 5. The zero-order valence-electron chi connectivity index (χ0n) is 11.9. The molecule has 1 aliphatic heterocycles. The van der Waals surface area contributed by atoms with E-state index in [9.17, 15) is 0 Å². The highest BCUT2D eigenvalue weighted by Crippen LogP contribution is 2.20. The second-order valence-corrected chi connectivity index (χ2v) is 5.19. The molecule has 1 heterocycles. The molecule has 2 rings (SSSR count). The van der Waals surface area contributed by atoms with Crippen LogP contribution in [0.5, 0.6) is 5.75 Å². The molecule has 4 heteroatoms. The lowest BCUT2D eigenvalue weighted by molar-refractivity contribution is 0.199. The first-order valence-electron chi connectivity index (χ1n) is 6.85. The lowest BCUT2D eigenvalue weighted by atomic mass is 10.1. The van der Waals surface area contributed by atoms with Crippen molar-refractivity contribution in [3.8, 4) is 5.75 Å². The number of benzene rings is 1. The standard InChI is InChI=1S/C15H24N2O.ClH/c1-12-5-6-13(2)15(10-12)18-9-8-17-7-3-4-14(17)11-16;/h5-6,10,14H,3-4,7-9,11,16H2,1-2H3;1H. The fourth-order valence-corrected chi connectivity index (χ4v) is 2.59. The number of nitrogens with two attached hydrogens (primary N) is 1. The zero-order chi connectivity index (χ0) is 13.0. The van der Waals surface area contributed by atoms with Crippen molar-refractivity contribution < 1.29 is 4.74 Å². The molecular formula is C15H25ClN2O. The number of hydrogen-bond donors (Lipinski definition) is 1. The van der Waals surface area contributed by atoms with Crippen LogP contribution < -0.4 is 10.5 Å². The smallest absolute Gasteiger partial charge is 0.122 e. The maximum atomic E-state index is 5.89. The maximum absolute atomic E-state index is 5.89. The van der Waals surface area contributed by atoms with Crippen molar-refractivity contribution in [1.29, 1.82) is 0 Å². The minimum atomic E-state index is 0. The molecule has 0 saturated carbocycles. The van der Waals surface area contributed by atoms with Gasteiger partial charge in [-0.25, -0.2) is 0 Å². The van der Waals surface area contributed by atoms with Crippen LogP contribution in [0, 0.1) is 13.8 Å². The van der Waals surface area contributed by atoms with Crippen molar-refractivity contribution in [2.75, 3.05) is 26.2 Å². The van der Waals surface area contributed by atoms with Crippen molar-refractivity contribution in [2.45, 2.75) is 32.7 Å². The Morgan fingerprint density at radius 2 is 2.16 bits per heavy atom. The first kappa shape index (κ1) is 16.3. The van der Waals surface area contributed by atoms with E-state index in [0.717, 1.165) is 32.0 Å². The van der Waals surface area contributed by atoms with Gasteiger partial charge in [-0.1, -0.05) is 12.1 Å². The highest BCUT2D eigenvalue weighted by Gasteiger charge is 2.22. The summed E-state index contributed by atoms with van der Waals surface area (Å²) in [6.45, 7) is 7.85. The van der Waals surface area contributed by atoms with Crippen molar-refractivity contribution in [3.05, 3.63) is 29.3 Å². The van der Waals surface area contributed by atoms with Gasteiger partial charge in [0.2, 0.25) is 0 Å². The minimum Gasteiger partial charge on any atom is -0.492 e. The normalized spacial score (nSPS) is 19.2. The third kappa shape index (κ3) is 4.37. The van der Waals surface area contributed by atoms with Gasteiger partial charge < -0.3 is 10.5 Å². The Balaban J connectivity index is 0.00000180. The van der Waals surface area contributed by atoms with Gasteiger partial charge in [-0.15, -0.1) is 12.4 Å². The fourth-order valence-electron chi connectivity index (χ4n) is 2.59. The number of nitrogens with zero attached hydrogens (tertiary/aromatic N) is 1. The van der Waals surface area contributed by atoms with Crippen LogP contribution in [0.3, 0.4) is 0 Å². The number of halogens is 1. The number of hydrogen-bond acceptors (Lipinski definition) is 3. The third-order valence-electron chi connectivity index (χ3n) is 3.75. The van der Waals surface area contributed by atoms with Gasteiger partial charge in [0.05, 0.1) is 0 Å².